The Kier molecular flexibility index (Phi) is 4.45. The highest BCUT2D eigenvalue weighted by Crippen LogP contribution is 2.33. The molecule has 4 rings (SSSR count). The predicted molar refractivity (Wildman–Crippen MR) is 97.1 cm³/mol. The van der Waals surface area contributed by atoms with Crippen LogP contribution in [0.15, 0.2) is 43.0 Å². The first-order valence-corrected chi connectivity index (χ1v) is 8.54. The summed E-state index contributed by atoms with van der Waals surface area (Å²) in [7, 11) is 3.22. The van der Waals surface area contributed by atoms with Crippen LogP contribution in [-0.4, -0.2) is 51.3 Å². The summed E-state index contributed by atoms with van der Waals surface area (Å²) in [6.45, 7) is 1.12. The highest BCUT2D eigenvalue weighted by molar-refractivity contribution is 5.92. The van der Waals surface area contributed by atoms with Gasteiger partial charge >= 0.3 is 0 Å². The molecule has 1 aliphatic heterocycles. The van der Waals surface area contributed by atoms with Gasteiger partial charge < -0.3 is 14.4 Å². The Morgan fingerprint density at radius 2 is 1.85 bits per heavy atom. The SMILES string of the molecule is COc1cc2c(cc1OC)CN(C(=O)c1ccc(-n3ccnc3)nn1)CC2. The van der Waals surface area contributed by atoms with Gasteiger partial charge in [0.15, 0.2) is 23.0 Å². The van der Waals surface area contributed by atoms with Crippen LogP contribution in [-0.2, 0) is 13.0 Å². The van der Waals surface area contributed by atoms with Crippen LogP contribution in [0, 0.1) is 0 Å². The number of carbonyl (C=O) groups is 1. The molecule has 0 radical (unpaired) electrons. The average Bonchev–Trinajstić information content (AvgIpc) is 3.26. The molecule has 0 saturated carbocycles. The van der Waals surface area contributed by atoms with Crippen molar-refractivity contribution in [3.05, 3.63) is 59.8 Å². The van der Waals surface area contributed by atoms with Crippen LogP contribution in [0.4, 0.5) is 0 Å². The summed E-state index contributed by atoms with van der Waals surface area (Å²) in [5, 5.41) is 8.21. The van der Waals surface area contributed by atoms with Gasteiger partial charge in [0, 0.05) is 25.5 Å². The van der Waals surface area contributed by atoms with Crippen LogP contribution in [0.1, 0.15) is 21.6 Å². The summed E-state index contributed by atoms with van der Waals surface area (Å²) in [5.41, 5.74) is 2.54. The lowest BCUT2D eigenvalue weighted by atomic mass is 9.98. The molecule has 2 aromatic heterocycles. The van der Waals surface area contributed by atoms with E-state index in [0.29, 0.717) is 36.1 Å². The Morgan fingerprint density at radius 1 is 1.07 bits per heavy atom. The Hall–Kier alpha value is -3.42. The maximum absolute atomic E-state index is 12.8. The number of aromatic nitrogens is 4. The van der Waals surface area contributed by atoms with E-state index in [2.05, 4.69) is 15.2 Å². The molecule has 8 nitrogen and oxygen atoms in total. The molecule has 0 N–H and O–H groups in total. The molecule has 0 atom stereocenters. The summed E-state index contributed by atoms with van der Waals surface area (Å²) < 4.78 is 12.5. The number of hydrogen-bond acceptors (Lipinski definition) is 6. The first-order chi connectivity index (χ1) is 13.2. The average molecular weight is 365 g/mol. The fourth-order valence-electron chi connectivity index (χ4n) is 3.19. The fourth-order valence-corrected chi connectivity index (χ4v) is 3.19. The van der Waals surface area contributed by atoms with Gasteiger partial charge in [-0.3, -0.25) is 9.36 Å². The monoisotopic (exact) mass is 365 g/mol. The number of carbonyl (C=O) groups excluding carboxylic acids is 1. The van der Waals surface area contributed by atoms with E-state index in [0.717, 1.165) is 12.0 Å². The summed E-state index contributed by atoms with van der Waals surface area (Å²) >= 11 is 0. The van der Waals surface area contributed by atoms with Crippen LogP contribution in [0.5, 0.6) is 11.5 Å². The number of rotatable bonds is 4. The lowest BCUT2D eigenvalue weighted by Gasteiger charge is -2.29. The molecule has 1 aromatic carbocycles. The van der Waals surface area contributed by atoms with E-state index < -0.39 is 0 Å². The Morgan fingerprint density at radius 3 is 2.48 bits per heavy atom. The maximum atomic E-state index is 12.8. The molecule has 3 heterocycles. The summed E-state index contributed by atoms with van der Waals surface area (Å²) in [5.74, 6) is 1.84. The molecule has 0 fully saturated rings. The standard InChI is InChI=1S/C19H19N5O3/c1-26-16-9-13-5-7-23(11-14(13)10-17(16)27-2)19(25)15-3-4-18(22-21-15)24-8-6-20-12-24/h3-4,6,8-10,12H,5,7,11H2,1-2H3. The molecule has 1 aliphatic rings. The normalized spacial score (nSPS) is 13.2. The van der Waals surface area contributed by atoms with Gasteiger partial charge in [-0.1, -0.05) is 0 Å². The third kappa shape index (κ3) is 3.21. The van der Waals surface area contributed by atoms with Crippen molar-refractivity contribution in [2.45, 2.75) is 13.0 Å². The second-order valence-electron chi connectivity index (χ2n) is 6.20. The molecule has 138 valence electrons. The van der Waals surface area contributed by atoms with Crippen LogP contribution < -0.4 is 9.47 Å². The molecule has 27 heavy (non-hydrogen) atoms. The van der Waals surface area contributed by atoms with Crippen molar-refractivity contribution >= 4 is 5.91 Å². The number of imidazole rings is 1. The third-order valence-electron chi connectivity index (χ3n) is 4.64. The van der Waals surface area contributed by atoms with Gasteiger partial charge in [0.1, 0.15) is 6.33 Å². The topological polar surface area (TPSA) is 82.4 Å². The zero-order valence-corrected chi connectivity index (χ0v) is 15.1. The van der Waals surface area contributed by atoms with Crippen molar-refractivity contribution in [2.75, 3.05) is 20.8 Å². The number of amides is 1. The van der Waals surface area contributed by atoms with Gasteiger partial charge in [-0.05, 0) is 41.8 Å². The molecule has 0 bridgehead atoms. The summed E-state index contributed by atoms with van der Waals surface area (Å²) in [6.07, 6.45) is 5.82. The molecule has 3 aromatic rings. The molecule has 8 heteroatoms. The van der Waals surface area contributed by atoms with Gasteiger partial charge in [0.2, 0.25) is 0 Å². The van der Waals surface area contributed by atoms with Crippen molar-refractivity contribution in [3.63, 3.8) is 0 Å². The maximum Gasteiger partial charge on any atom is 0.274 e. The minimum atomic E-state index is -0.139. The van der Waals surface area contributed by atoms with Crippen molar-refractivity contribution in [2.24, 2.45) is 0 Å². The summed E-state index contributed by atoms with van der Waals surface area (Å²) in [6, 6.07) is 7.36. The fraction of sp³-hybridized carbons (Fsp3) is 0.263. The Balaban J connectivity index is 1.54. The van der Waals surface area contributed by atoms with Crippen molar-refractivity contribution < 1.29 is 14.3 Å². The van der Waals surface area contributed by atoms with E-state index in [-0.39, 0.29) is 5.91 Å². The van der Waals surface area contributed by atoms with E-state index in [9.17, 15) is 4.79 Å². The number of ether oxygens (including phenoxy) is 2. The van der Waals surface area contributed by atoms with Gasteiger partial charge in [0.05, 0.1) is 14.2 Å². The van der Waals surface area contributed by atoms with Crippen LogP contribution in [0.25, 0.3) is 5.82 Å². The van der Waals surface area contributed by atoms with Crippen molar-refractivity contribution in [1.82, 2.24) is 24.6 Å². The highest BCUT2D eigenvalue weighted by atomic mass is 16.5. The van der Waals surface area contributed by atoms with Gasteiger partial charge in [-0.2, -0.15) is 0 Å². The molecule has 0 aliphatic carbocycles. The van der Waals surface area contributed by atoms with E-state index in [4.69, 9.17) is 9.47 Å². The second-order valence-corrected chi connectivity index (χ2v) is 6.20. The molecule has 0 spiro atoms. The second kappa shape index (κ2) is 7.06. The molecule has 1 amide bonds. The van der Waals surface area contributed by atoms with E-state index in [1.807, 2.05) is 12.1 Å². The molecule has 0 saturated heterocycles. The lowest BCUT2D eigenvalue weighted by molar-refractivity contribution is 0.0727. The number of benzene rings is 1. The minimum Gasteiger partial charge on any atom is -0.493 e. The lowest BCUT2D eigenvalue weighted by Crippen LogP contribution is -2.36. The Labute approximate surface area is 156 Å². The highest BCUT2D eigenvalue weighted by Gasteiger charge is 2.24. The Bertz CT molecular complexity index is 954. The molecular weight excluding hydrogens is 346 g/mol. The zero-order valence-electron chi connectivity index (χ0n) is 15.1. The third-order valence-corrected chi connectivity index (χ3v) is 4.64. The van der Waals surface area contributed by atoms with Gasteiger partial charge in [-0.15, -0.1) is 10.2 Å². The van der Waals surface area contributed by atoms with E-state index in [1.165, 1.54) is 5.56 Å². The first-order valence-electron chi connectivity index (χ1n) is 8.54. The molecular formula is C19H19N5O3. The number of nitrogens with zero attached hydrogens (tertiary/aromatic N) is 5. The first kappa shape index (κ1) is 17.0. The predicted octanol–water partition coefficient (Wildman–Crippen LogP) is 1.88. The van der Waals surface area contributed by atoms with Crippen molar-refractivity contribution in [3.8, 4) is 17.3 Å². The van der Waals surface area contributed by atoms with Crippen LogP contribution in [0.3, 0.4) is 0 Å². The van der Waals surface area contributed by atoms with Crippen molar-refractivity contribution in [1.29, 1.82) is 0 Å². The largest absolute Gasteiger partial charge is 0.493 e. The number of hydrogen-bond donors (Lipinski definition) is 0. The van der Waals surface area contributed by atoms with Crippen LogP contribution in [0.2, 0.25) is 0 Å². The van der Waals surface area contributed by atoms with Crippen LogP contribution >= 0.6 is 0 Å². The number of methoxy groups -OCH3 is 2. The van der Waals surface area contributed by atoms with Gasteiger partial charge in [-0.25, -0.2) is 4.98 Å². The summed E-state index contributed by atoms with van der Waals surface area (Å²) in [4.78, 5) is 18.6. The quantitative estimate of drug-likeness (QED) is 0.702. The van der Waals surface area contributed by atoms with E-state index in [1.54, 1.807) is 54.5 Å². The van der Waals surface area contributed by atoms with Gasteiger partial charge in [0.25, 0.3) is 5.91 Å². The van der Waals surface area contributed by atoms with E-state index >= 15 is 0 Å². The molecule has 0 unspecified atom stereocenters. The minimum absolute atomic E-state index is 0.139. The zero-order chi connectivity index (χ0) is 18.8. The number of fused-ring (bicyclic) bond motifs is 1. The smallest absolute Gasteiger partial charge is 0.274 e.